The van der Waals surface area contributed by atoms with Gasteiger partial charge in [-0.3, -0.25) is 9.58 Å². The Bertz CT molecular complexity index is 648. The number of carbonyl (C=O) groups is 1. The summed E-state index contributed by atoms with van der Waals surface area (Å²) in [6, 6.07) is 7.44. The molecule has 0 radical (unpaired) electrons. The Balaban J connectivity index is 1.76. The van der Waals surface area contributed by atoms with Gasteiger partial charge in [-0.1, -0.05) is 6.07 Å². The number of hydrogen-bond acceptors (Lipinski definition) is 3. The van der Waals surface area contributed by atoms with Gasteiger partial charge in [0.1, 0.15) is 0 Å². The van der Waals surface area contributed by atoms with Crippen molar-refractivity contribution in [3.63, 3.8) is 0 Å². The number of aryl methyl sites for hydroxylation is 1. The molecule has 0 saturated heterocycles. The number of carboxylic acids is 1. The number of aromatic nitrogens is 2. The third-order valence-corrected chi connectivity index (χ3v) is 3.70. The van der Waals surface area contributed by atoms with Crippen LogP contribution in [0.3, 0.4) is 0 Å². The average molecular weight is 271 g/mol. The predicted molar refractivity (Wildman–Crippen MR) is 74.4 cm³/mol. The highest BCUT2D eigenvalue weighted by Gasteiger charge is 2.18. The zero-order chi connectivity index (χ0) is 14.1. The monoisotopic (exact) mass is 271 g/mol. The van der Waals surface area contributed by atoms with E-state index in [1.165, 1.54) is 5.56 Å². The number of hydrogen-bond donors (Lipinski definition) is 1. The number of fused-ring (bicyclic) bond motifs is 1. The van der Waals surface area contributed by atoms with Gasteiger partial charge in [0.15, 0.2) is 0 Å². The second-order valence-electron chi connectivity index (χ2n) is 5.23. The van der Waals surface area contributed by atoms with Gasteiger partial charge in [0.2, 0.25) is 0 Å². The molecule has 0 saturated carbocycles. The summed E-state index contributed by atoms with van der Waals surface area (Å²) in [5, 5.41) is 13.5. The van der Waals surface area contributed by atoms with Crippen LogP contribution in [0.5, 0.6) is 0 Å². The van der Waals surface area contributed by atoms with Crippen molar-refractivity contribution in [1.29, 1.82) is 0 Å². The van der Waals surface area contributed by atoms with Crippen LogP contribution in [0.2, 0.25) is 0 Å². The maximum absolute atomic E-state index is 11.0. The first-order chi connectivity index (χ1) is 9.61. The topological polar surface area (TPSA) is 58.4 Å². The standard InChI is InChI=1S/C15H17N3O2/c1-17-6-5-14(16-17)10-18-7-4-11-2-3-12(15(19)20)8-13(11)9-18/h2-3,5-6,8H,4,7,9-10H2,1H3,(H,19,20). The van der Waals surface area contributed by atoms with E-state index < -0.39 is 5.97 Å². The van der Waals surface area contributed by atoms with E-state index in [4.69, 9.17) is 5.11 Å². The second-order valence-corrected chi connectivity index (χ2v) is 5.23. The van der Waals surface area contributed by atoms with E-state index in [9.17, 15) is 4.79 Å². The van der Waals surface area contributed by atoms with Gasteiger partial charge in [0.25, 0.3) is 0 Å². The lowest BCUT2D eigenvalue weighted by atomic mass is 9.97. The molecule has 104 valence electrons. The van der Waals surface area contributed by atoms with Gasteiger partial charge < -0.3 is 5.11 Å². The molecule has 3 rings (SSSR count). The van der Waals surface area contributed by atoms with Crippen molar-refractivity contribution in [2.45, 2.75) is 19.5 Å². The van der Waals surface area contributed by atoms with Crippen molar-refractivity contribution in [3.8, 4) is 0 Å². The van der Waals surface area contributed by atoms with Gasteiger partial charge in [-0.2, -0.15) is 5.10 Å². The molecule has 0 fully saturated rings. The van der Waals surface area contributed by atoms with E-state index in [1.807, 2.05) is 25.4 Å². The summed E-state index contributed by atoms with van der Waals surface area (Å²) >= 11 is 0. The van der Waals surface area contributed by atoms with Gasteiger partial charge >= 0.3 is 5.97 Å². The Morgan fingerprint density at radius 1 is 1.35 bits per heavy atom. The lowest BCUT2D eigenvalue weighted by molar-refractivity contribution is 0.0696. The zero-order valence-corrected chi connectivity index (χ0v) is 11.4. The van der Waals surface area contributed by atoms with Crippen LogP contribution in [0.4, 0.5) is 0 Å². The van der Waals surface area contributed by atoms with Crippen LogP contribution < -0.4 is 0 Å². The van der Waals surface area contributed by atoms with Crippen molar-refractivity contribution in [2.24, 2.45) is 7.05 Å². The molecule has 5 heteroatoms. The quantitative estimate of drug-likeness (QED) is 0.922. The summed E-state index contributed by atoms with van der Waals surface area (Å²) < 4.78 is 1.80. The largest absolute Gasteiger partial charge is 0.478 e. The van der Waals surface area contributed by atoms with Crippen molar-refractivity contribution < 1.29 is 9.90 Å². The van der Waals surface area contributed by atoms with Crippen LogP contribution in [-0.2, 0) is 26.6 Å². The summed E-state index contributed by atoms with van der Waals surface area (Å²) in [5.74, 6) is -0.866. The number of aromatic carboxylic acids is 1. The molecule has 5 nitrogen and oxygen atoms in total. The molecule has 1 aliphatic heterocycles. The van der Waals surface area contributed by atoms with E-state index in [0.29, 0.717) is 5.56 Å². The van der Waals surface area contributed by atoms with E-state index in [-0.39, 0.29) is 0 Å². The molecule has 2 aromatic rings. The average Bonchev–Trinajstić information content (AvgIpc) is 2.83. The lowest BCUT2D eigenvalue weighted by Gasteiger charge is -2.28. The van der Waals surface area contributed by atoms with Crippen molar-refractivity contribution >= 4 is 5.97 Å². The summed E-state index contributed by atoms with van der Waals surface area (Å²) in [6.07, 6.45) is 2.90. The highest BCUT2D eigenvalue weighted by atomic mass is 16.4. The smallest absolute Gasteiger partial charge is 0.335 e. The first-order valence-corrected chi connectivity index (χ1v) is 6.68. The zero-order valence-electron chi connectivity index (χ0n) is 11.4. The van der Waals surface area contributed by atoms with E-state index in [0.717, 1.165) is 37.3 Å². The maximum Gasteiger partial charge on any atom is 0.335 e. The Morgan fingerprint density at radius 2 is 2.20 bits per heavy atom. The molecular weight excluding hydrogens is 254 g/mol. The fourth-order valence-electron chi connectivity index (χ4n) is 2.66. The number of benzene rings is 1. The van der Waals surface area contributed by atoms with Gasteiger partial charge in [-0.15, -0.1) is 0 Å². The van der Waals surface area contributed by atoms with Gasteiger partial charge in [-0.25, -0.2) is 4.79 Å². The molecule has 0 unspecified atom stereocenters. The van der Waals surface area contributed by atoms with Crippen LogP contribution in [0, 0.1) is 0 Å². The highest BCUT2D eigenvalue weighted by molar-refractivity contribution is 5.87. The number of rotatable bonds is 3. The fourth-order valence-corrected chi connectivity index (χ4v) is 2.66. The van der Waals surface area contributed by atoms with Crippen molar-refractivity contribution in [3.05, 3.63) is 52.8 Å². The second kappa shape index (κ2) is 5.09. The van der Waals surface area contributed by atoms with Gasteiger partial charge in [0, 0.05) is 32.9 Å². The van der Waals surface area contributed by atoms with Crippen LogP contribution >= 0.6 is 0 Å². The van der Waals surface area contributed by atoms with E-state index in [2.05, 4.69) is 10.00 Å². The lowest BCUT2D eigenvalue weighted by Crippen LogP contribution is -2.30. The molecule has 0 atom stereocenters. The fraction of sp³-hybridized carbons (Fsp3) is 0.333. The molecule has 1 N–H and O–H groups in total. The third-order valence-electron chi connectivity index (χ3n) is 3.70. The minimum absolute atomic E-state index is 0.364. The van der Waals surface area contributed by atoms with Crippen LogP contribution in [0.15, 0.2) is 30.5 Å². The molecule has 0 spiro atoms. The first-order valence-electron chi connectivity index (χ1n) is 6.68. The molecule has 1 aromatic carbocycles. The Hall–Kier alpha value is -2.14. The molecule has 1 aliphatic rings. The van der Waals surface area contributed by atoms with Gasteiger partial charge in [-0.05, 0) is 35.7 Å². The molecule has 2 heterocycles. The van der Waals surface area contributed by atoms with E-state index >= 15 is 0 Å². The third kappa shape index (κ3) is 2.58. The Labute approximate surface area is 117 Å². The van der Waals surface area contributed by atoms with Gasteiger partial charge in [0.05, 0.1) is 11.3 Å². The SMILES string of the molecule is Cn1ccc(CN2CCc3ccc(C(=O)O)cc3C2)n1. The Kier molecular flexibility index (Phi) is 3.28. The molecule has 0 amide bonds. The van der Waals surface area contributed by atoms with Crippen LogP contribution in [0.25, 0.3) is 0 Å². The normalized spacial score (nSPS) is 15.1. The molecule has 0 aliphatic carbocycles. The minimum atomic E-state index is -0.866. The number of nitrogens with zero attached hydrogens (tertiary/aromatic N) is 3. The van der Waals surface area contributed by atoms with Crippen molar-refractivity contribution in [2.75, 3.05) is 6.54 Å². The molecule has 0 bridgehead atoms. The molecule has 20 heavy (non-hydrogen) atoms. The first kappa shape index (κ1) is 12.9. The highest BCUT2D eigenvalue weighted by Crippen LogP contribution is 2.21. The molecule has 1 aromatic heterocycles. The van der Waals surface area contributed by atoms with Crippen LogP contribution in [-0.4, -0.2) is 32.3 Å². The summed E-state index contributed by atoms with van der Waals surface area (Å²) in [7, 11) is 1.91. The number of carboxylic acid groups (broad SMARTS) is 1. The summed E-state index contributed by atoms with van der Waals surface area (Å²) in [5.41, 5.74) is 3.79. The maximum atomic E-state index is 11.0. The predicted octanol–water partition coefficient (Wildman–Crippen LogP) is 1.68. The van der Waals surface area contributed by atoms with Crippen molar-refractivity contribution in [1.82, 2.24) is 14.7 Å². The minimum Gasteiger partial charge on any atom is -0.478 e. The molecular formula is C15H17N3O2. The Morgan fingerprint density at radius 3 is 2.90 bits per heavy atom. The summed E-state index contributed by atoms with van der Waals surface area (Å²) in [4.78, 5) is 13.3. The summed E-state index contributed by atoms with van der Waals surface area (Å²) in [6.45, 7) is 2.57. The van der Waals surface area contributed by atoms with E-state index in [1.54, 1.807) is 16.8 Å². The van der Waals surface area contributed by atoms with Crippen LogP contribution in [0.1, 0.15) is 27.2 Å².